The summed E-state index contributed by atoms with van der Waals surface area (Å²) in [6, 6.07) is 9.67. The Morgan fingerprint density at radius 1 is 1.35 bits per heavy atom. The molecule has 1 aliphatic heterocycles. The molecule has 0 saturated heterocycles. The minimum absolute atomic E-state index is 0.0549. The van der Waals surface area contributed by atoms with Crippen molar-refractivity contribution in [3.8, 4) is 6.07 Å². The van der Waals surface area contributed by atoms with Crippen LogP contribution in [0.1, 0.15) is 25.5 Å². The lowest BCUT2D eigenvalue weighted by molar-refractivity contribution is -0.120. The number of benzene rings is 1. The molecule has 1 aromatic carbocycles. The smallest absolute Gasteiger partial charge is 0.265 e. The van der Waals surface area contributed by atoms with E-state index in [2.05, 4.69) is 27.9 Å². The second-order valence-corrected chi connectivity index (χ2v) is 6.45. The van der Waals surface area contributed by atoms with Crippen molar-refractivity contribution in [1.29, 1.82) is 5.26 Å². The molecule has 1 unspecified atom stereocenters. The molecule has 20 heavy (non-hydrogen) atoms. The highest BCUT2D eigenvalue weighted by atomic mass is 127. The molecule has 0 fully saturated rings. The summed E-state index contributed by atoms with van der Waals surface area (Å²) in [4.78, 5) is 12.1. The number of hydrogen-bond acceptors (Lipinski definition) is 3. The monoisotopic (exact) mass is 382 g/mol. The standard InChI is InChI=1S/C15H15IN2O2/c1-15(2)12(9-4-6-10(16)7-5-9)18-14(19)11(8-17)13(15)20-3/h4-7,12H,1-3H3,(H,18,19). The molecule has 4 nitrogen and oxygen atoms in total. The second-order valence-electron chi connectivity index (χ2n) is 5.20. The molecule has 0 saturated carbocycles. The number of nitrogens with one attached hydrogen (secondary N) is 1. The van der Waals surface area contributed by atoms with Gasteiger partial charge in [0.2, 0.25) is 0 Å². The second kappa shape index (κ2) is 5.44. The fourth-order valence-electron chi connectivity index (χ4n) is 2.56. The van der Waals surface area contributed by atoms with Crippen LogP contribution in [0.3, 0.4) is 0 Å². The van der Waals surface area contributed by atoms with Crippen molar-refractivity contribution in [2.75, 3.05) is 7.11 Å². The van der Waals surface area contributed by atoms with Gasteiger partial charge >= 0.3 is 0 Å². The molecule has 0 bridgehead atoms. The third-order valence-corrected chi connectivity index (χ3v) is 4.27. The molecule has 1 aromatic rings. The molecule has 0 spiro atoms. The first-order chi connectivity index (χ1) is 9.41. The molecule has 1 aliphatic rings. The van der Waals surface area contributed by atoms with E-state index in [1.807, 2.05) is 44.2 Å². The van der Waals surface area contributed by atoms with Gasteiger partial charge in [0.05, 0.1) is 13.2 Å². The molecule has 1 atom stereocenters. The average molecular weight is 382 g/mol. The van der Waals surface area contributed by atoms with Crippen LogP contribution in [0.15, 0.2) is 35.6 Å². The Morgan fingerprint density at radius 2 is 1.95 bits per heavy atom. The Kier molecular flexibility index (Phi) is 4.04. The van der Waals surface area contributed by atoms with E-state index in [0.717, 1.165) is 9.13 Å². The van der Waals surface area contributed by atoms with E-state index in [-0.39, 0.29) is 17.5 Å². The van der Waals surface area contributed by atoms with Gasteiger partial charge < -0.3 is 10.1 Å². The van der Waals surface area contributed by atoms with E-state index in [4.69, 9.17) is 10.00 Å². The van der Waals surface area contributed by atoms with Crippen LogP contribution in [0.25, 0.3) is 0 Å². The van der Waals surface area contributed by atoms with Gasteiger partial charge in [-0.2, -0.15) is 5.26 Å². The number of halogens is 1. The molecular formula is C15H15IN2O2. The van der Waals surface area contributed by atoms with Crippen LogP contribution in [-0.2, 0) is 9.53 Å². The van der Waals surface area contributed by atoms with Crippen LogP contribution in [0, 0.1) is 20.3 Å². The zero-order chi connectivity index (χ0) is 14.9. The molecule has 5 heteroatoms. The van der Waals surface area contributed by atoms with Crippen LogP contribution in [0.5, 0.6) is 0 Å². The molecule has 0 aromatic heterocycles. The molecule has 2 rings (SSSR count). The topological polar surface area (TPSA) is 62.1 Å². The fourth-order valence-corrected chi connectivity index (χ4v) is 2.92. The quantitative estimate of drug-likeness (QED) is 0.801. The molecule has 1 amide bonds. The summed E-state index contributed by atoms with van der Waals surface area (Å²) in [6.07, 6.45) is 0. The lowest BCUT2D eigenvalue weighted by atomic mass is 9.75. The van der Waals surface area contributed by atoms with Crippen molar-refractivity contribution in [3.63, 3.8) is 0 Å². The molecule has 1 heterocycles. The number of methoxy groups -OCH3 is 1. The fraction of sp³-hybridized carbons (Fsp3) is 0.333. The summed E-state index contributed by atoms with van der Waals surface area (Å²) in [5, 5.41) is 12.0. The number of nitriles is 1. The number of nitrogens with zero attached hydrogens (tertiary/aromatic N) is 1. The predicted octanol–water partition coefficient (Wildman–Crippen LogP) is 2.91. The van der Waals surface area contributed by atoms with E-state index in [9.17, 15) is 4.79 Å². The Labute approximate surface area is 131 Å². The molecule has 0 radical (unpaired) electrons. The van der Waals surface area contributed by atoms with Gasteiger partial charge in [-0.15, -0.1) is 0 Å². The lowest BCUT2D eigenvalue weighted by Gasteiger charge is -2.40. The first-order valence-electron chi connectivity index (χ1n) is 6.17. The summed E-state index contributed by atoms with van der Waals surface area (Å²) in [5.74, 6) is 0.0551. The molecular weight excluding hydrogens is 367 g/mol. The first kappa shape index (κ1) is 14.9. The number of rotatable bonds is 2. The Morgan fingerprint density at radius 3 is 2.45 bits per heavy atom. The van der Waals surface area contributed by atoms with Gasteiger partial charge in [0, 0.05) is 8.99 Å². The van der Waals surface area contributed by atoms with Gasteiger partial charge in [-0.25, -0.2) is 0 Å². The number of hydrogen-bond donors (Lipinski definition) is 1. The minimum Gasteiger partial charge on any atom is -0.499 e. The SMILES string of the molecule is COC1=C(C#N)C(=O)NC(c2ccc(I)cc2)C1(C)C. The zero-order valence-corrected chi connectivity index (χ0v) is 13.7. The third kappa shape index (κ3) is 2.40. The van der Waals surface area contributed by atoms with Crippen LogP contribution in [0.4, 0.5) is 0 Å². The highest BCUT2D eigenvalue weighted by Crippen LogP contribution is 2.44. The highest BCUT2D eigenvalue weighted by molar-refractivity contribution is 14.1. The van der Waals surface area contributed by atoms with Gasteiger partial charge in [-0.1, -0.05) is 26.0 Å². The predicted molar refractivity (Wildman–Crippen MR) is 83.5 cm³/mol. The summed E-state index contributed by atoms with van der Waals surface area (Å²) in [6.45, 7) is 3.93. The maximum atomic E-state index is 12.1. The first-order valence-corrected chi connectivity index (χ1v) is 7.25. The summed E-state index contributed by atoms with van der Waals surface area (Å²) >= 11 is 2.24. The van der Waals surface area contributed by atoms with Crippen molar-refractivity contribution < 1.29 is 9.53 Å². The van der Waals surface area contributed by atoms with Crippen LogP contribution >= 0.6 is 22.6 Å². The highest BCUT2D eigenvalue weighted by Gasteiger charge is 2.44. The van der Waals surface area contributed by atoms with Crippen molar-refractivity contribution in [2.24, 2.45) is 5.41 Å². The van der Waals surface area contributed by atoms with Crippen LogP contribution < -0.4 is 5.32 Å². The van der Waals surface area contributed by atoms with Crippen molar-refractivity contribution in [3.05, 3.63) is 44.7 Å². The van der Waals surface area contributed by atoms with Crippen molar-refractivity contribution in [1.82, 2.24) is 5.32 Å². The van der Waals surface area contributed by atoms with Crippen molar-refractivity contribution >= 4 is 28.5 Å². The van der Waals surface area contributed by atoms with Gasteiger partial charge in [-0.3, -0.25) is 4.79 Å². The lowest BCUT2D eigenvalue weighted by Crippen LogP contribution is -2.45. The number of carbonyl (C=O) groups is 1. The van der Waals surface area contributed by atoms with Crippen LogP contribution in [-0.4, -0.2) is 13.0 Å². The van der Waals surface area contributed by atoms with E-state index in [1.54, 1.807) is 0 Å². The Balaban J connectivity index is 2.53. The average Bonchev–Trinajstić information content (AvgIpc) is 2.41. The van der Waals surface area contributed by atoms with Gasteiger partial charge in [0.15, 0.2) is 5.57 Å². The third-order valence-electron chi connectivity index (χ3n) is 3.56. The molecule has 1 N–H and O–H groups in total. The molecule has 0 aliphatic carbocycles. The zero-order valence-electron chi connectivity index (χ0n) is 11.5. The number of amides is 1. The number of carbonyl (C=O) groups excluding carboxylic acids is 1. The Bertz CT molecular complexity index is 612. The van der Waals surface area contributed by atoms with Gasteiger partial charge in [-0.05, 0) is 40.3 Å². The maximum absolute atomic E-state index is 12.1. The number of ether oxygens (including phenoxy) is 1. The van der Waals surface area contributed by atoms with Gasteiger partial charge in [0.1, 0.15) is 11.8 Å². The van der Waals surface area contributed by atoms with E-state index in [1.165, 1.54) is 7.11 Å². The van der Waals surface area contributed by atoms with Gasteiger partial charge in [0.25, 0.3) is 5.91 Å². The summed E-state index contributed by atoms with van der Waals surface area (Å²) in [5.41, 5.74) is 0.565. The van der Waals surface area contributed by atoms with E-state index < -0.39 is 5.41 Å². The summed E-state index contributed by atoms with van der Waals surface area (Å²) < 4.78 is 6.48. The van der Waals surface area contributed by atoms with E-state index in [0.29, 0.717) is 5.76 Å². The van der Waals surface area contributed by atoms with E-state index >= 15 is 0 Å². The maximum Gasteiger partial charge on any atom is 0.265 e. The van der Waals surface area contributed by atoms with Crippen LogP contribution in [0.2, 0.25) is 0 Å². The molecule has 104 valence electrons. The summed E-state index contributed by atoms with van der Waals surface area (Å²) in [7, 11) is 1.50. The van der Waals surface area contributed by atoms with Crippen molar-refractivity contribution in [2.45, 2.75) is 19.9 Å². The normalized spacial score (nSPS) is 21.1. The Hall–Kier alpha value is -1.55. The minimum atomic E-state index is -0.486. The largest absolute Gasteiger partial charge is 0.499 e.